The summed E-state index contributed by atoms with van der Waals surface area (Å²) in [6.07, 6.45) is 0.953. The highest BCUT2D eigenvalue weighted by atomic mass is 32.1. The Balaban J connectivity index is 1.54. The molecule has 1 aromatic carbocycles. The van der Waals surface area contributed by atoms with Gasteiger partial charge in [0.1, 0.15) is 0 Å². The normalized spacial score (nSPS) is 10.9. The van der Waals surface area contributed by atoms with Crippen LogP contribution in [0.15, 0.2) is 30.3 Å². The lowest BCUT2D eigenvalue weighted by atomic mass is 10.1. The molecule has 2 N–H and O–H groups in total. The molecule has 2 heterocycles. The molecule has 0 amide bonds. The van der Waals surface area contributed by atoms with E-state index >= 15 is 0 Å². The number of anilines is 1. The zero-order valence-electron chi connectivity index (χ0n) is 17.9. The summed E-state index contributed by atoms with van der Waals surface area (Å²) in [5.74, 6) is 0. The molecule has 3 rings (SSSR count). The summed E-state index contributed by atoms with van der Waals surface area (Å²) in [5, 5.41) is 16.4. The minimum atomic E-state index is 0.625. The molecule has 6 nitrogen and oxygen atoms in total. The SMILES string of the molecule is Cc1cc(C)n(CCCNC(=S)Nc2c(C)nn(Cc3ccccc3C)c2C)n1. The van der Waals surface area contributed by atoms with Crippen molar-refractivity contribution in [2.45, 2.75) is 54.1 Å². The first-order chi connectivity index (χ1) is 13.8. The van der Waals surface area contributed by atoms with E-state index in [9.17, 15) is 0 Å². The summed E-state index contributed by atoms with van der Waals surface area (Å²) in [6, 6.07) is 10.5. The van der Waals surface area contributed by atoms with E-state index in [1.54, 1.807) is 0 Å². The van der Waals surface area contributed by atoms with Gasteiger partial charge in [-0.25, -0.2) is 0 Å². The van der Waals surface area contributed by atoms with Crippen LogP contribution in [0.1, 0.15) is 40.3 Å². The Kier molecular flexibility index (Phi) is 6.69. The van der Waals surface area contributed by atoms with E-state index in [2.05, 4.69) is 66.8 Å². The Morgan fingerprint density at radius 2 is 1.79 bits per heavy atom. The van der Waals surface area contributed by atoms with Crippen molar-refractivity contribution in [1.29, 1.82) is 0 Å². The number of aryl methyl sites for hydroxylation is 5. The monoisotopic (exact) mass is 410 g/mol. The quantitative estimate of drug-likeness (QED) is 0.455. The van der Waals surface area contributed by atoms with Gasteiger partial charge in [-0.05, 0) is 70.5 Å². The predicted octanol–water partition coefficient (Wildman–Crippen LogP) is 4.05. The molecule has 0 bridgehead atoms. The second-order valence-corrected chi connectivity index (χ2v) is 7.92. The van der Waals surface area contributed by atoms with Crippen LogP contribution in [-0.2, 0) is 13.1 Å². The average Bonchev–Trinajstić information content (AvgIpc) is 3.13. The van der Waals surface area contributed by atoms with Crippen molar-refractivity contribution >= 4 is 23.0 Å². The Hall–Kier alpha value is -2.67. The number of nitrogens with zero attached hydrogens (tertiary/aromatic N) is 4. The van der Waals surface area contributed by atoms with E-state index in [1.165, 1.54) is 16.8 Å². The maximum absolute atomic E-state index is 5.49. The van der Waals surface area contributed by atoms with E-state index in [0.717, 1.165) is 48.8 Å². The van der Waals surface area contributed by atoms with E-state index < -0.39 is 0 Å². The molecule has 0 spiro atoms. The van der Waals surface area contributed by atoms with Crippen LogP contribution in [0, 0.1) is 34.6 Å². The average molecular weight is 411 g/mol. The molecule has 3 aromatic rings. The van der Waals surface area contributed by atoms with E-state index in [1.807, 2.05) is 23.2 Å². The van der Waals surface area contributed by atoms with Crippen molar-refractivity contribution in [2.75, 3.05) is 11.9 Å². The third kappa shape index (κ3) is 5.23. The van der Waals surface area contributed by atoms with Gasteiger partial charge >= 0.3 is 0 Å². The minimum Gasteiger partial charge on any atom is -0.362 e. The van der Waals surface area contributed by atoms with Gasteiger partial charge in [0, 0.05) is 18.8 Å². The maximum Gasteiger partial charge on any atom is 0.170 e. The zero-order valence-corrected chi connectivity index (χ0v) is 18.7. The van der Waals surface area contributed by atoms with Gasteiger partial charge < -0.3 is 10.6 Å². The number of aromatic nitrogens is 4. The van der Waals surface area contributed by atoms with E-state index in [-0.39, 0.29) is 0 Å². The minimum absolute atomic E-state index is 0.625. The van der Waals surface area contributed by atoms with Gasteiger partial charge in [0.25, 0.3) is 0 Å². The molecular formula is C22H30N6S. The molecular weight excluding hydrogens is 380 g/mol. The molecule has 0 atom stereocenters. The lowest BCUT2D eigenvalue weighted by molar-refractivity contribution is 0.558. The van der Waals surface area contributed by atoms with Crippen molar-refractivity contribution in [3.05, 3.63) is 64.2 Å². The molecule has 0 aliphatic carbocycles. The topological polar surface area (TPSA) is 59.7 Å². The number of benzene rings is 1. The third-order valence-electron chi connectivity index (χ3n) is 5.14. The highest BCUT2D eigenvalue weighted by Gasteiger charge is 2.13. The van der Waals surface area contributed by atoms with Crippen LogP contribution < -0.4 is 10.6 Å². The molecule has 0 saturated carbocycles. The van der Waals surface area contributed by atoms with Crippen molar-refractivity contribution in [3.8, 4) is 0 Å². The zero-order chi connectivity index (χ0) is 21.0. The largest absolute Gasteiger partial charge is 0.362 e. The van der Waals surface area contributed by atoms with Gasteiger partial charge in [0.05, 0.1) is 29.3 Å². The van der Waals surface area contributed by atoms with Gasteiger partial charge in [-0.2, -0.15) is 10.2 Å². The van der Waals surface area contributed by atoms with Crippen LogP contribution in [0.25, 0.3) is 0 Å². The lowest BCUT2D eigenvalue weighted by Crippen LogP contribution is -2.30. The fraction of sp³-hybridized carbons (Fsp3) is 0.409. The fourth-order valence-corrected chi connectivity index (χ4v) is 3.67. The van der Waals surface area contributed by atoms with Crippen LogP contribution >= 0.6 is 12.2 Å². The molecule has 0 fully saturated rings. The first kappa shape index (κ1) is 21.0. The molecule has 0 saturated heterocycles. The van der Waals surface area contributed by atoms with Crippen molar-refractivity contribution in [1.82, 2.24) is 24.9 Å². The number of hydrogen-bond donors (Lipinski definition) is 2. The van der Waals surface area contributed by atoms with E-state index in [4.69, 9.17) is 17.3 Å². The number of nitrogens with one attached hydrogen (secondary N) is 2. The van der Waals surface area contributed by atoms with Crippen LogP contribution in [0.2, 0.25) is 0 Å². The second kappa shape index (κ2) is 9.22. The summed E-state index contributed by atoms with van der Waals surface area (Å²) < 4.78 is 4.07. The molecule has 0 radical (unpaired) electrons. The maximum atomic E-state index is 5.49. The highest BCUT2D eigenvalue weighted by molar-refractivity contribution is 7.80. The van der Waals surface area contributed by atoms with Crippen molar-refractivity contribution in [2.24, 2.45) is 0 Å². The molecule has 2 aromatic heterocycles. The molecule has 7 heteroatoms. The first-order valence-corrected chi connectivity index (χ1v) is 10.4. The van der Waals surface area contributed by atoms with Crippen LogP contribution in [0.4, 0.5) is 5.69 Å². The number of rotatable bonds is 7. The van der Waals surface area contributed by atoms with Crippen LogP contribution in [-0.4, -0.2) is 31.2 Å². The number of thiocarbonyl (C=S) groups is 1. The molecule has 0 aliphatic heterocycles. The second-order valence-electron chi connectivity index (χ2n) is 7.51. The van der Waals surface area contributed by atoms with Crippen LogP contribution in [0.3, 0.4) is 0 Å². The molecule has 0 unspecified atom stereocenters. The summed E-state index contributed by atoms with van der Waals surface area (Å²) >= 11 is 5.49. The van der Waals surface area contributed by atoms with Gasteiger partial charge in [-0.1, -0.05) is 24.3 Å². The molecule has 29 heavy (non-hydrogen) atoms. The van der Waals surface area contributed by atoms with Crippen molar-refractivity contribution < 1.29 is 0 Å². The van der Waals surface area contributed by atoms with E-state index in [0.29, 0.717) is 5.11 Å². The molecule has 154 valence electrons. The highest BCUT2D eigenvalue weighted by Crippen LogP contribution is 2.21. The van der Waals surface area contributed by atoms with Gasteiger partial charge in [-0.15, -0.1) is 0 Å². The standard InChI is InChI=1S/C22H30N6S/c1-15-9-6-7-10-20(15)14-28-19(5)21(18(4)26-28)24-22(29)23-11-8-12-27-17(3)13-16(2)25-27/h6-7,9-10,13H,8,11-12,14H2,1-5H3,(H2,23,24,29). The van der Waals surface area contributed by atoms with Gasteiger partial charge in [0.15, 0.2) is 5.11 Å². The van der Waals surface area contributed by atoms with Gasteiger partial charge in [0.2, 0.25) is 0 Å². The predicted molar refractivity (Wildman–Crippen MR) is 123 cm³/mol. The summed E-state index contributed by atoms with van der Waals surface area (Å²) in [6.45, 7) is 12.7. The molecule has 0 aliphatic rings. The Labute approximate surface area is 178 Å². The smallest absolute Gasteiger partial charge is 0.170 e. The summed E-state index contributed by atoms with van der Waals surface area (Å²) in [4.78, 5) is 0. The summed E-state index contributed by atoms with van der Waals surface area (Å²) in [5.41, 5.74) is 7.80. The Bertz CT molecular complexity index is 1000. The lowest BCUT2D eigenvalue weighted by Gasteiger charge is -2.12. The fourth-order valence-electron chi connectivity index (χ4n) is 3.47. The third-order valence-corrected chi connectivity index (χ3v) is 5.38. The first-order valence-electron chi connectivity index (χ1n) is 9.99. The Morgan fingerprint density at radius 3 is 2.48 bits per heavy atom. The summed E-state index contributed by atoms with van der Waals surface area (Å²) in [7, 11) is 0. The van der Waals surface area contributed by atoms with Gasteiger partial charge in [-0.3, -0.25) is 9.36 Å². The van der Waals surface area contributed by atoms with Crippen LogP contribution in [0.5, 0.6) is 0 Å². The Morgan fingerprint density at radius 1 is 1.03 bits per heavy atom. The van der Waals surface area contributed by atoms with Crippen molar-refractivity contribution in [3.63, 3.8) is 0 Å². The number of hydrogen-bond acceptors (Lipinski definition) is 3.